The molecule has 3 aliphatic rings. The Balaban J connectivity index is 1.37. The van der Waals surface area contributed by atoms with Gasteiger partial charge in [0.15, 0.2) is 11.4 Å². The molecule has 2 aromatic heterocycles. The SMILES string of the molecule is C[C@@H]1[C@@H]2/C=C\C[C@@H](C(C)(C)[C@@H](O)/C=C/CCN)OC(=O)c3coc(n3)/C=C\C=C\[C@H]3C=C3/C=C\C[C@@H](C(C)(C)[C@@H](O)/C=C/CCO)OC(=O)c3coc(n3)/C=C\C=C\[C@H]12. The topological polar surface area (TPSA) is 191 Å². The summed E-state index contributed by atoms with van der Waals surface area (Å²) in [5.41, 5.74) is 5.02. The number of carbonyl (C=O) groups is 2. The molecule has 12 heteroatoms. The van der Waals surface area contributed by atoms with Crippen LogP contribution < -0.4 is 5.73 Å². The van der Waals surface area contributed by atoms with Gasteiger partial charge in [-0.15, -0.1) is 0 Å². The molecule has 0 unspecified atom stereocenters. The second-order valence-corrected chi connectivity index (χ2v) is 16.4. The monoisotopic (exact) mass is 809 g/mol. The number of nitrogens with zero attached hydrogens (tertiary/aromatic N) is 2. The van der Waals surface area contributed by atoms with E-state index >= 15 is 0 Å². The maximum Gasteiger partial charge on any atom is 0.360 e. The zero-order chi connectivity index (χ0) is 42.6. The molecule has 316 valence electrons. The zero-order valence-corrected chi connectivity index (χ0v) is 34.6. The van der Waals surface area contributed by atoms with Crippen LogP contribution in [0.15, 0.2) is 118 Å². The van der Waals surface area contributed by atoms with Gasteiger partial charge in [-0.2, -0.15) is 0 Å². The number of oxazole rings is 2. The van der Waals surface area contributed by atoms with E-state index in [1.807, 2.05) is 70.2 Å². The second-order valence-electron chi connectivity index (χ2n) is 16.4. The first-order chi connectivity index (χ1) is 28.3. The number of rotatable bonds is 10. The number of cyclic esters (lactones) is 2. The van der Waals surface area contributed by atoms with Gasteiger partial charge in [0.25, 0.3) is 0 Å². The van der Waals surface area contributed by atoms with E-state index in [-0.39, 0.29) is 47.5 Å². The van der Waals surface area contributed by atoms with Crippen molar-refractivity contribution < 1.29 is 43.2 Å². The van der Waals surface area contributed by atoms with Gasteiger partial charge < -0.3 is 39.4 Å². The van der Waals surface area contributed by atoms with Crippen molar-refractivity contribution in [3.63, 3.8) is 0 Å². The number of ether oxygens (including phenoxy) is 2. The fraction of sp³-hybridized carbons (Fsp3) is 0.447. The van der Waals surface area contributed by atoms with E-state index in [2.05, 4.69) is 35.1 Å². The van der Waals surface area contributed by atoms with Crippen LogP contribution in [-0.4, -0.2) is 74.8 Å². The molecule has 5 rings (SSSR count). The van der Waals surface area contributed by atoms with Crippen LogP contribution in [-0.2, 0) is 9.47 Å². The summed E-state index contributed by atoms with van der Waals surface area (Å²) >= 11 is 0. The Morgan fingerprint density at radius 3 is 1.85 bits per heavy atom. The van der Waals surface area contributed by atoms with Gasteiger partial charge in [-0.1, -0.05) is 126 Å². The molecular formula is C47H59N3O9. The molecule has 1 saturated carbocycles. The van der Waals surface area contributed by atoms with Crippen molar-refractivity contribution in [1.82, 2.24) is 9.97 Å². The molecule has 5 N–H and O–H groups in total. The van der Waals surface area contributed by atoms with Crippen LogP contribution in [0, 0.1) is 34.5 Å². The summed E-state index contributed by atoms with van der Waals surface area (Å²) in [6, 6.07) is 0. The molecule has 59 heavy (non-hydrogen) atoms. The number of fused-ring (bicyclic) bond motifs is 6. The Labute approximate surface area is 347 Å². The van der Waals surface area contributed by atoms with Crippen molar-refractivity contribution in [2.75, 3.05) is 13.2 Å². The van der Waals surface area contributed by atoms with Crippen molar-refractivity contribution in [1.29, 1.82) is 0 Å². The maximum atomic E-state index is 13.4. The third kappa shape index (κ3) is 12.4. The Bertz CT molecular complexity index is 2010. The summed E-state index contributed by atoms with van der Waals surface area (Å²) in [6.45, 7) is 9.96. The number of allylic oxidation sites excluding steroid dienone is 10. The van der Waals surface area contributed by atoms with Crippen molar-refractivity contribution >= 4 is 24.1 Å². The number of aliphatic hydroxyl groups excluding tert-OH is 3. The Morgan fingerprint density at radius 1 is 0.763 bits per heavy atom. The smallest absolute Gasteiger partial charge is 0.360 e. The predicted octanol–water partition coefficient (Wildman–Crippen LogP) is 7.51. The van der Waals surface area contributed by atoms with Crippen LogP contribution in [0.3, 0.4) is 0 Å². The van der Waals surface area contributed by atoms with Crippen LogP contribution in [0.2, 0.25) is 0 Å². The van der Waals surface area contributed by atoms with Gasteiger partial charge in [-0.25, -0.2) is 19.6 Å². The second kappa shape index (κ2) is 20.7. The summed E-state index contributed by atoms with van der Waals surface area (Å²) in [4.78, 5) is 35.4. The van der Waals surface area contributed by atoms with Gasteiger partial charge in [0.05, 0.1) is 12.2 Å². The molecular weight excluding hydrogens is 751 g/mol. The number of hydrogen-bond donors (Lipinski definition) is 4. The summed E-state index contributed by atoms with van der Waals surface area (Å²) in [5, 5.41) is 31.4. The third-order valence-electron chi connectivity index (χ3n) is 11.3. The van der Waals surface area contributed by atoms with Crippen molar-refractivity contribution in [2.45, 2.75) is 84.7 Å². The minimum Gasteiger partial charge on any atom is -0.457 e. The molecule has 4 bridgehead atoms. The summed E-state index contributed by atoms with van der Waals surface area (Å²) < 4.78 is 23.1. The number of nitrogens with two attached hydrogens (primary N) is 1. The summed E-state index contributed by atoms with van der Waals surface area (Å²) in [6.07, 6.45) is 32.7. The van der Waals surface area contributed by atoms with Crippen molar-refractivity contribution in [2.24, 2.45) is 40.2 Å². The van der Waals surface area contributed by atoms with Gasteiger partial charge in [0.2, 0.25) is 11.8 Å². The first-order valence-electron chi connectivity index (χ1n) is 20.3. The van der Waals surface area contributed by atoms with Gasteiger partial charge in [0, 0.05) is 48.3 Å². The largest absolute Gasteiger partial charge is 0.457 e. The predicted molar refractivity (Wildman–Crippen MR) is 226 cm³/mol. The van der Waals surface area contributed by atoms with E-state index in [4.69, 9.17) is 24.0 Å². The Morgan fingerprint density at radius 2 is 1.29 bits per heavy atom. The molecule has 0 spiro atoms. The first-order valence-corrected chi connectivity index (χ1v) is 20.3. The van der Waals surface area contributed by atoms with E-state index in [0.717, 1.165) is 5.57 Å². The van der Waals surface area contributed by atoms with Gasteiger partial charge in [0.1, 0.15) is 24.7 Å². The third-order valence-corrected chi connectivity index (χ3v) is 11.3. The summed E-state index contributed by atoms with van der Waals surface area (Å²) in [5.74, 6) is 0.207. The van der Waals surface area contributed by atoms with Gasteiger partial charge in [-0.05, 0) is 42.7 Å². The summed E-state index contributed by atoms with van der Waals surface area (Å²) in [7, 11) is 0. The Kier molecular flexibility index (Phi) is 15.8. The normalized spacial score (nSPS) is 28.9. The van der Waals surface area contributed by atoms with Crippen molar-refractivity contribution in [3.8, 4) is 0 Å². The highest BCUT2D eigenvalue weighted by Gasteiger charge is 2.43. The lowest BCUT2D eigenvalue weighted by molar-refractivity contribution is -0.0462. The lowest BCUT2D eigenvalue weighted by atomic mass is 9.78. The zero-order valence-electron chi connectivity index (χ0n) is 34.6. The maximum absolute atomic E-state index is 13.4. The number of esters is 2. The molecule has 2 aromatic rings. The molecule has 12 nitrogen and oxygen atoms in total. The molecule has 2 aliphatic carbocycles. The molecule has 0 saturated heterocycles. The fourth-order valence-corrected chi connectivity index (χ4v) is 6.76. The molecule has 0 radical (unpaired) electrons. The first kappa shape index (κ1) is 45.0. The van der Waals surface area contributed by atoms with Crippen molar-refractivity contribution in [3.05, 3.63) is 132 Å². The van der Waals surface area contributed by atoms with Crippen LogP contribution in [0.25, 0.3) is 12.2 Å². The highest BCUT2D eigenvalue weighted by Crippen LogP contribution is 2.48. The van der Waals surface area contributed by atoms with E-state index < -0.39 is 47.2 Å². The molecule has 1 fully saturated rings. The molecule has 0 aromatic carbocycles. The highest BCUT2D eigenvalue weighted by atomic mass is 16.6. The van der Waals surface area contributed by atoms with Crippen LogP contribution >= 0.6 is 0 Å². The van der Waals surface area contributed by atoms with Gasteiger partial charge >= 0.3 is 11.9 Å². The van der Waals surface area contributed by atoms with E-state index in [1.165, 1.54) is 12.5 Å². The van der Waals surface area contributed by atoms with E-state index in [9.17, 15) is 24.9 Å². The molecule has 0 amide bonds. The van der Waals surface area contributed by atoms with E-state index in [0.29, 0.717) is 38.1 Å². The van der Waals surface area contributed by atoms with Crippen LogP contribution in [0.5, 0.6) is 0 Å². The Hall–Kier alpha value is -5.14. The average Bonchev–Trinajstić information content (AvgIpc) is 3.88. The molecule has 8 atom stereocenters. The highest BCUT2D eigenvalue weighted by molar-refractivity contribution is 5.87. The number of aliphatic hydroxyl groups is 3. The van der Waals surface area contributed by atoms with Crippen LogP contribution in [0.4, 0.5) is 0 Å². The fourth-order valence-electron chi connectivity index (χ4n) is 6.76. The lowest BCUT2D eigenvalue weighted by Crippen LogP contribution is -2.42. The minimum atomic E-state index is -0.958. The van der Waals surface area contributed by atoms with Crippen LogP contribution in [0.1, 0.15) is 93.1 Å². The van der Waals surface area contributed by atoms with Gasteiger partial charge in [-0.3, -0.25) is 0 Å². The number of carbonyl (C=O) groups excluding carboxylic acids is 2. The standard InChI is InChI=1S/C47H59N3O9/c1-31-34-18-7-9-25-43-50-36(30-57-43)44(54)58-40(47(4,5)39(53)21-11-13-27-51)22-14-17-33-28-32(33)16-6-8-24-42-49-37(29-56-42)45(55)59-41(23-15-19-35(31)34)46(2,3)38(52)20-10-12-26-48/h6-11,14-21,24-25,28-32,34-35,38-41,51-53H,12-13,22-23,26-27,48H2,1-5H3/b16-6+,17-14-,18-7+,19-15-,20-10+,21-11+,24-8-,25-9-/t31-,32-,34+,35-,38-,39-,40-,41-/m0/s1. The minimum absolute atomic E-state index is 0.0137. The quantitative estimate of drug-likeness (QED) is 0.137. The number of aromatic nitrogens is 2. The average molecular weight is 810 g/mol. The lowest BCUT2D eigenvalue weighted by Gasteiger charge is -2.36. The molecule has 3 heterocycles. The van der Waals surface area contributed by atoms with E-state index in [1.54, 1.807) is 42.5 Å². The molecule has 1 aliphatic heterocycles. The number of hydrogen-bond acceptors (Lipinski definition) is 12.